The van der Waals surface area contributed by atoms with E-state index in [1.807, 2.05) is 60.7 Å². The largest absolute Gasteiger partial charge is 0.327 e. The summed E-state index contributed by atoms with van der Waals surface area (Å²) in [5, 5.41) is 6.31. The minimum absolute atomic E-state index is 0.0299. The predicted molar refractivity (Wildman–Crippen MR) is 82.8 cm³/mol. The fourth-order valence-corrected chi connectivity index (χ4v) is 2.55. The zero-order valence-electron chi connectivity index (χ0n) is 11.8. The Bertz CT molecular complexity index is 540. The van der Waals surface area contributed by atoms with Crippen LogP contribution in [0.1, 0.15) is 17.2 Å². The number of carbonyl (C=O) groups excluding carboxylic acids is 1. The van der Waals surface area contributed by atoms with Gasteiger partial charge in [0.15, 0.2) is 0 Å². The lowest BCUT2D eigenvalue weighted by Crippen LogP contribution is -2.41. The molecule has 0 atom stereocenters. The van der Waals surface area contributed by atoms with E-state index in [9.17, 15) is 4.79 Å². The number of nitrogens with one attached hydrogen (secondary N) is 2. The molecule has 1 aliphatic heterocycles. The number of amides is 2. The lowest BCUT2D eigenvalue weighted by molar-refractivity contribution is 0.206. The van der Waals surface area contributed by atoms with Gasteiger partial charge in [-0.2, -0.15) is 0 Å². The summed E-state index contributed by atoms with van der Waals surface area (Å²) in [6, 6.07) is 20.0. The van der Waals surface area contributed by atoms with E-state index < -0.39 is 0 Å². The fraction of sp³-hybridized carbons (Fsp3) is 0.235. The molecule has 0 aliphatic carbocycles. The van der Waals surface area contributed by atoms with Crippen LogP contribution in [0, 0.1) is 0 Å². The molecule has 2 amide bonds. The topological polar surface area (TPSA) is 44.4 Å². The molecule has 4 nitrogen and oxygen atoms in total. The minimum atomic E-state index is -0.125. The monoisotopic (exact) mass is 281 g/mol. The van der Waals surface area contributed by atoms with Crippen LogP contribution in [0.3, 0.4) is 0 Å². The minimum Gasteiger partial charge on any atom is -0.327 e. The molecule has 21 heavy (non-hydrogen) atoms. The third-order valence-corrected chi connectivity index (χ3v) is 3.68. The number of urea groups is 1. The van der Waals surface area contributed by atoms with Crippen LogP contribution < -0.4 is 10.6 Å². The number of hydrogen-bond acceptors (Lipinski definition) is 2. The van der Waals surface area contributed by atoms with Crippen LogP contribution in [0.2, 0.25) is 0 Å². The summed E-state index contributed by atoms with van der Waals surface area (Å²) < 4.78 is 0. The Morgan fingerprint density at radius 1 is 1.00 bits per heavy atom. The second-order valence-corrected chi connectivity index (χ2v) is 5.13. The highest BCUT2D eigenvalue weighted by atomic mass is 16.2. The number of rotatable bonds is 3. The molecular formula is C17H19N3O. The first-order valence-electron chi connectivity index (χ1n) is 7.20. The molecule has 0 bridgehead atoms. The van der Waals surface area contributed by atoms with Crippen LogP contribution in [-0.4, -0.2) is 30.7 Å². The summed E-state index contributed by atoms with van der Waals surface area (Å²) in [5.74, 6) is 0. The highest BCUT2D eigenvalue weighted by Crippen LogP contribution is 2.22. The number of hydrogen-bond donors (Lipinski definition) is 2. The maximum Gasteiger partial charge on any atom is 0.319 e. The van der Waals surface area contributed by atoms with Crippen molar-refractivity contribution < 1.29 is 4.79 Å². The molecule has 0 saturated carbocycles. The Labute approximate surface area is 124 Å². The Balaban J connectivity index is 1.84. The zero-order chi connectivity index (χ0) is 14.5. The SMILES string of the molecule is O=C(NC(c1ccccc1)c1ccccc1)N1CCNC1. The van der Waals surface area contributed by atoms with Crippen LogP contribution in [0.25, 0.3) is 0 Å². The molecule has 1 heterocycles. The standard InChI is InChI=1S/C17H19N3O/c21-17(20-12-11-18-13-20)19-16(14-7-3-1-4-8-14)15-9-5-2-6-10-15/h1-10,16,18H,11-13H2,(H,19,21). The first kappa shape index (κ1) is 13.6. The van der Waals surface area contributed by atoms with Gasteiger partial charge in [0.2, 0.25) is 0 Å². The molecule has 4 heteroatoms. The molecule has 0 radical (unpaired) electrons. The molecule has 3 rings (SSSR count). The number of benzene rings is 2. The van der Waals surface area contributed by atoms with E-state index in [1.165, 1.54) is 0 Å². The van der Waals surface area contributed by atoms with Crippen molar-refractivity contribution in [2.45, 2.75) is 6.04 Å². The van der Waals surface area contributed by atoms with Gasteiger partial charge in [-0.15, -0.1) is 0 Å². The summed E-state index contributed by atoms with van der Waals surface area (Å²) in [4.78, 5) is 14.2. The van der Waals surface area contributed by atoms with Crippen molar-refractivity contribution in [1.82, 2.24) is 15.5 Å². The Morgan fingerprint density at radius 3 is 2.05 bits per heavy atom. The van der Waals surface area contributed by atoms with Gasteiger partial charge in [0, 0.05) is 13.1 Å². The van der Waals surface area contributed by atoms with Crippen LogP contribution in [0.15, 0.2) is 60.7 Å². The molecule has 1 aliphatic rings. The van der Waals surface area contributed by atoms with Gasteiger partial charge in [0.1, 0.15) is 0 Å². The van der Waals surface area contributed by atoms with Crippen molar-refractivity contribution in [3.8, 4) is 0 Å². The zero-order valence-corrected chi connectivity index (χ0v) is 11.8. The third-order valence-electron chi connectivity index (χ3n) is 3.68. The van der Waals surface area contributed by atoms with Crippen molar-refractivity contribution in [1.29, 1.82) is 0 Å². The highest BCUT2D eigenvalue weighted by molar-refractivity contribution is 5.75. The summed E-state index contributed by atoms with van der Waals surface area (Å²) in [6.07, 6.45) is 0. The summed E-state index contributed by atoms with van der Waals surface area (Å²) in [7, 11) is 0. The maximum absolute atomic E-state index is 12.4. The molecule has 1 fully saturated rings. The molecular weight excluding hydrogens is 262 g/mol. The second kappa shape index (κ2) is 6.41. The van der Waals surface area contributed by atoms with Gasteiger partial charge in [-0.3, -0.25) is 5.32 Å². The molecule has 0 unspecified atom stereocenters. The number of nitrogens with zero attached hydrogens (tertiary/aromatic N) is 1. The van der Waals surface area contributed by atoms with Gasteiger partial charge in [0.05, 0.1) is 12.7 Å². The second-order valence-electron chi connectivity index (χ2n) is 5.13. The third kappa shape index (κ3) is 3.23. The van der Waals surface area contributed by atoms with Gasteiger partial charge >= 0.3 is 6.03 Å². The summed E-state index contributed by atoms with van der Waals surface area (Å²) in [6.45, 7) is 2.22. The molecule has 2 N–H and O–H groups in total. The first-order chi connectivity index (χ1) is 10.3. The van der Waals surface area contributed by atoms with Gasteiger partial charge in [-0.1, -0.05) is 60.7 Å². The Hall–Kier alpha value is -2.33. The molecule has 0 aromatic heterocycles. The van der Waals surface area contributed by atoms with Crippen LogP contribution in [-0.2, 0) is 0 Å². The first-order valence-corrected chi connectivity index (χ1v) is 7.20. The van der Waals surface area contributed by atoms with E-state index in [-0.39, 0.29) is 12.1 Å². The van der Waals surface area contributed by atoms with E-state index in [0.29, 0.717) is 6.67 Å². The van der Waals surface area contributed by atoms with Crippen LogP contribution in [0.5, 0.6) is 0 Å². The van der Waals surface area contributed by atoms with Crippen molar-refractivity contribution in [3.05, 3.63) is 71.8 Å². The van der Waals surface area contributed by atoms with Gasteiger partial charge in [-0.25, -0.2) is 4.79 Å². The van der Waals surface area contributed by atoms with Crippen molar-refractivity contribution in [3.63, 3.8) is 0 Å². The fourth-order valence-electron chi connectivity index (χ4n) is 2.55. The molecule has 2 aromatic carbocycles. The van der Waals surface area contributed by atoms with Gasteiger partial charge in [0.25, 0.3) is 0 Å². The molecule has 1 saturated heterocycles. The average molecular weight is 281 g/mol. The normalized spacial score (nSPS) is 14.4. The van der Waals surface area contributed by atoms with E-state index in [2.05, 4.69) is 10.6 Å². The van der Waals surface area contributed by atoms with Crippen molar-refractivity contribution >= 4 is 6.03 Å². The molecule has 2 aromatic rings. The van der Waals surface area contributed by atoms with Gasteiger partial charge in [-0.05, 0) is 11.1 Å². The molecule has 108 valence electrons. The molecule has 0 spiro atoms. The lowest BCUT2D eigenvalue weighted by atomic mass is 9.99. The van der Waals surface area contributed by atoms with Gasteiger partial charge < -0.3 is 10.2 Å². The Kier molecular flexibility index (Phi) is 4.17. The van der Waals surface area contributed by atoms with Crippen LogP contribution in [0.4, 0.5) is 4.79 Å². The lowest BCUT2D eigenvalue weighted by Gasteiger charge is -2.23. The van der Waals surface area contributed by atoms with Crippen LogP contribution >= 0.6 is 0 Å². The summed E-state index contributed by atoms with van der Waals surface area (Å²) >= 11 is 0. The summed E-state index contributed by atoms with van der Waals surface area (Å²) in [5.41, 5.74) is 2.17. The number of carbonyl (C=O) groups is 1. The van der Waals surface area contributed by atoms with E-state index in [1.54, 1.807) is 4.90 Å². The highest BCUT2D eigenvalue weighted by Gasteiger charge is 2.22. The van der Waals surface area contributed by atoms with Crippen molar-refractivity contribution in [2.75, 3.05) is 19.8 Å². The maximum atomic E-state index is 12.4. The smallest absolute Gasteiger partial charge is 0.319 e. The quantitative estimate of drug-likeness (QED) is 0.907. The van der Waals surface area contributed by atoms with E-state index >= 15 is 0 Å². The van der Waals surface area contributed by atoms with Crippen molar-refractivity contribution in [2.24, 2.45) is 0 Å². The average Bonchev–Trinajstić information content (AvgIpc) is 3.09. The van der Waals surface area contributed by atoms with E-state index in [4.69, 9.17) is 0 Å². The predicted octanol–water partition coefficient (Wildman–Crippen LogP) is 2.35. The van der Waals surface area contributed by atoms with E-state index in [0.717, 1.165) is 24.2 Å². The Morgan fingerprint density at radius 2 is 1.57 bits per heavy atom.